The van der Waals surface area contributed by atoms with Gasteiger partial charge in [0.15, 0.2) is 0 Å². The number of aromatic nitrogens is 1. The second kappa shape index (κ2) is 8.83. The van der Waals surface area contributed by atoms with Crippen molar-refractivity contribution in [3.63, 3.8) is 0 Å². The summed E-state index contributed by atoms with van der Waals surface area (Å²) in [5, 5.41) is 16.5. The maximum Gasteiger partial charge on any atom is 0.273 e. The molecule has 1 aromatic heterocycles. The van der Waals surface area contributed by atoms with Crippen LogP contribution in [-0.4, -0.2) is 17.0 Å². The molecule has 7 heteroatoms. The molecule has 1 atom stereocenters. The zero-order valence-electron chi connectivity index (χ0n) is 17.3. The van der Waals surface area contributed by atoms with E-state index < -0.39 is 10.5 Å². The Balaban J connectivity index is 1.69. The quantitative estimate of drug-likeness (QED) is 0.248. The van der Waals surface area contributed by atoms with Gasteiger partial charge in [-0.1, -0.05) is 43.3 Å². The van der Waals surface area contributed by atoms with Crippen LogP contribution in [0.3, 0.4) is 0 Å². The Hall–Kier alpha value is -3.29. The third-order valence-corrected chi connectivity index (χ3v) is 6.33. The van der Waals surface area contributed by atoms with E-state index in [-0.39, 0.29) is 5.69 Å². The molecule has 0 amide bonds. The van der Waals surface area contributed by atoms with Crippen LogP contribution in [-0.2, 0) is 16.9 Å². The summed E-state index contributed by atoms with van der Waals surface area (Å²) >= 11 is 1.46. The zero-order chi connectivity index (χ0) is 21.8. The minimum absolute atomic E-state index is 0.0440. The Labute approximate surface area is 184 Å². The molecular weight excluding hydrogens is 412 g/mol. The number of benzene rings is 3. The van der Waals surface area contributed by atoms with E-state index in [1.807, 2.05) is 48.7 Å². The summed E-state index contributed by atoms with van der Waals surface area (Å²) in [5.41, 5.74) is 0.717. The number of thiazole rings is 1. The Morgan fingerprint density at radius 3 is 2.58 bits per heavy atom. The molecule has 0 aliphatic heterocycles. The van der Waals surface area contributed by atoms with Crippen molar-refractivity contribution < 1.29 is 14.4 Å². The number of hydrogen-bond donors (Lipinski definition) is 0. The van der Waals surface area contributed by atoms with Gasteiger partial charge in [-0.3, -0.25) is 10.1 Å². The third-order valence-electron chi connectivity index (χ3n) is 5.41. The molecule has 0 fully saturated rings. The maximum atomic E-state index is 11.6. The molecule has 0 radical (unpaired) electrons. The molecule has 0 saturated carbocycles. The molecule has 158 valence electrons. The van der Waals surface area contributed by atoms with Crippen molar-refractivity contribution in [2.24, 2.45) is 0 Å². The summed E-state index contributed by atoms with van der Waals surface area (Å²) in [5.74, 6) is 0.420. The summed E-state index contributed by atoms with van der Waals surface area (Å²) in [4.78, 5) is 15.6. The molecule has 3 aromatic carbocycles. The van der Waals surface area contributed by atoms with Crippen LogP contribution in [0.25, 0.3) is 10.8 Å². The number of rotatable bonds is 8. The number of ether oxygens (including phenoxy) is 2. The highest BCUT2D eigenvalue weighted by molar-refractivity contribution is 7.09. The fourth-order valence-corrected chi connectivity index (χ4v) is 4.66. The Bertz CT molecular complexity index is 1200. The number of hydrogen-bond acceptors (Lipinski definition) is 6. The van der Waals surface area contributed by atoms with Gasteiger partial charge in [0.1, 0.15) is 23.0 Å². The third kappa shape index (κ3) is 4.15. The number of nitro benzene ring substituents is 1. The molecule has 0 saturated heterocycles. The van der Waals surface area contributed by atoms with E-state index in [9.17, 15) is 10.1 Å². The van der Waals surface area contributed by atoms with Gasteiger partial charge in [0.25, 0.3) is 5.69 Å². The Morgan fingerprint density at radius 1 is 1.10 bits per heavy atom. The summed E-state index contributed by atoms with van der Waals surface area (Å²) in [6.45, 7) is 2.27. The van der Waals surface area contributed by atoms with E-state index in [1.165, 1.54) is 23.5 Å². The van der Waals surface area contributed by atoms with Crippen molar-refractivity contribution in [3.05, 3.63) is 98.5 Å². The first-order chi connectivity index (χ1) is 15.1. The number of nitro groups is 1. The molecule has 0 spiro atoms. The fraction of sp³-hybridized carbons (Fsp3) is 0.208. The summed E-state index contributed by atoms with van der Waals surface area (Å²) in [6.07, 6.45) is 2.28. The summed E-state index contributed by atoms with van der Waals surface area (Å²) < 4.78 is 11.9. The van der Waals surface area contributed by atoms with Crippen molar-refractivity contribution in [1.29, 1.82) is 0 Å². The maximum absolute atomic E-state index is 11.6. The van der Waals surface area contributed by atoms with Gasteiger partial charge in [0.05, 0.1) is 11.0 Å². The molecule has 0 bridgehead atoms. The highest BCUT2D eigenvalue weighted by atomic mass is 32.1. The van der Waals surface area contributed by atoms with Crippen LogP contribution in [0.2, 0.25) is 0 Å². The summed E-state index contributed by atoms with van der Waals surface area (Å²) in [6, 6.07) is 19.0. The van der Waals surface area contributed by atoms with Crippen LogP contribution in [0.1, 0.15) is 29.5 Å². The predicted molar refractivity (Wildman–Crippen MR) is 122 cm³/mol. The highest BCUT2D eigenvalue weighted by Crippen LogP contribution is 2.40. The van der Waals surface area contributed by atoms with E-state index in [0.717, 1.165) is 21.3 Å². The molecule has 31 heavy (non-hydrogen) atoms. The summed E-state index contributed by atoms with van der Waals surface area (Å²) in [7, 11) is 1.60. The van der Waals surface area contributed by atoms with E-state index in [2.05, 4.69) is 17.1 Å². The Kier molecular flexibility index (Phi) is 5.97. The van der Waals surface area contributed by atoms with E-state index in [4.69, 9.17) is 9.47 Å². The van der Waals surface area contributed by atoms with Gasteiger partial charge >= 0.3 is 0 Å². The van der Waals surface area contributed by atoms with Gasteiger partial charge < -0.3 is 9.47 Å². The largest absolute Gasteiger partial charge is 0.489 e. The molecular formula is C24H22N2O4S. The van der Waals surface area contributed by atoms with E-state index in [1.54, 1.807) is 13.3 Å². The van der Waals surface area contributed by atoms with E-state index >= 15 is 0 Å². The topological polar surface area (TPSA) is 74.5 Å². The molecule has 0 N–H and O–H groups in total. The molecule has 1 heterocycles. The van der Waals surface area contributed by atoms with Crippen molar-refractivity contribution in [2.75, 3.05) is 7.11 Å². The molecule has 0 aliphatic rings. The predicted octanol–water partition coefficient (Wildman–Crippen LogP) is 6.08. The molecule has 4 aromatic rings. The van der Waals surface area contributed by atoms with Gasteiger partial charge in [-0.25, -0.2) is 4.98 Å². The minimum Gasteiger partial charge on any atom is -0.489 e. The lowest BCUT2D eigenvalue weighted by Gasteiger charge is -2.30. The van der Waals surface area contributed by atoms with Crippen molar-refractivity contribution in [2.45, 2.75) is 25.6 Å². The molecule has 1 unspecified atom stereocenters. The first-order valence-electron chi connectivity index (χ1n) is 9.91. The normalized spacial score (nSPS) is 13.1. The van der Waals surface area contributed by atoms with Crippen LogP contribution >= 0.6 is 11.3 Å². The lowest BCUT2D eigenvalue weighted by Crippen LogP contribution is -2.29. The van der Waals surface area contributed by atoms with Crippen LogP contribution in [0.4, 0.5) is 5.69 Å². The van der Waals surface area contributed by atoms with Gasteiger partial charge in [0, 0.05) is 30.3 Å². The number of methoxy groups -OCH3 is 1. The fourth-order valence-electron chi connectivity index (χ4n) is 3.75. The SMILES string of the molecule is CCC(OC)(c1cc(OCc2ccc3ccccc3c2)cc([N+](=O)[O-])c1)c1nccs1. The zero-order valence-corrected chi connectivity index (χ0v) is 18.1. The first kappa shape index (κ1) is 21.0. The van der Waals surface area contributed by atoms with Gasteiger partial charge in [-0.2, -0.15) is 0 Å². The smallest absolute Gasteiger partial charge is 0.273 e. The van der Waals surface area contributed by atoms with Crippen molar-refractivity contribution >= 4 is 27.8 Å². The van der Waals surface area contributed by atoms with E-state index in [0.29, 0.717) is 24.3 Å². The average molecular weight is 435 g/mol. The van der Waals surface area contributed by atoms with Crippen molar-refractivity contribution in [1.82, 2.24) is 4.98 Å². The second-order valence-corrected chi connectivity index (χ2v) is 8.06. The minimum atomic E-state index is -0.874. The first-order valence-corrected chi connectivity index (χ1v) is 10.8. The molecule has 0 aliphatic carbocycles. The second-order valence-electron chi connectivity index (χ2n) is 7.16. The van der Waals surface area contributed by atoms with Gasteiger partial charge in [-0.05, 0) is 34.9 Å². The Morgan fingerprint density at radius 2 is 1.90 bits per heavy atom. The lowest BCUT2D eigenvalue weighted by atomic mass is 9.90. The standard InChI is InChI=1S/C24H22N2O4S/c1-3-24(29-2,23-25-10-11-31-23)20-13-21(26(27)28)15-22(14-20)30-16-17-8-9-18-6-4-5-7-19(18)12-17/h4-15H,3,16H2,1-2H3. The van der Waals surface area contributed by atoms with Crippen LogP contribution in [0, 0.1) is 10.1 Å². The molecule has 4 rings (SSSR count). The average Bonchev–Trinajstić information content (AvgIpc) is 3.34. The van der Waals surface area contributed by atoms with Crippen LogP contribution < -0.4 is 4.74 Å². The molecule has 6 nitrogen and oxygen atoms in total. The van der Waals surface area contributed by atoms with Crippen LogP contribution in [0.15, 0.2) is 72.2 Å². The van der Waals surface area contributed by atoms with Gasteiger partial charge in [-0.15, -0.1) is 11.3 Å². The number of nitrogens with zero attached hydrogens (tertiary/aromatic N) is 2. The van der Waals surface area contributed by atoms with Crippen molar-refractivity contribution in [3.8, 4) is 5.75 Å². The highest BCUT2D eigenvalue weighted by Gasteiger charge is 2.37. The van der Waals surface area contributed by atoms with Gasteiger partial charge in [0.2, 0.25) is 0 Å². The van der Waals surface area contributed by atoms with Crippen LogP contribution in [0.5, 0.6) is 5.75 Å². The lowest BCUT2D eigenvalue weighted by molar-refractivity contribution is -0.385. The monoisotopic (exact) mass is 434 g/mol. The number of fused-ring (bicyclic) bond motifs is 1. The number of non-ortho nitro benzene ring substituents is 1.